The van der Waals surface area contributed by atoms with Crippen molar-refractivity contribution in [2.45, 2.75) is 38.5 Å². The summed E-state index contributed by atoms with van der Waals surface area (Å²) in [6, 6.07) is 0.328. The minimum atomic E-state index is 0.328. The summed E-state index contributed by atoms with van der Waals surface area (Å²) in [4.78, 5) is 16.5. The zero-order valence-electron chi connectivity index (χ0n) is 10.0. The van der Waals surface area contributed by atoms with E-state index < -0.39 is 0 Å². The van der Waals surface area contributed by atoms with Crippen LogP contribution >= 0.6 is 0 Å². The second kappa shape index (κ2) is 4.27. The van der Waals surface area contributed by atoms with Crippen molar-refractivity contribution >= 4 is 6.03 Å². The smallest absolute Gasteiger partial charge is 0.320 e. The summed E-state index contributed by atoms with van der Waals surface area (Å²) in [6.45, 7) is 4.06. The van der Waals surface area contributed by atoms with Gasteiger partial charge in [-0.3, -0.25) is 0 Å². The fourth-order valence-corrected chi connectivity index (χ4v) is 3.68. The molecule has 1 aliphatic carbocycles. The minimum absolute atomic E-state index is 0.328. The maximum absolute atomic E-state index is 12.3. The van der Waals surface area contributed by atoms with Gasteiger partial charge in [0.25, 0.3) is 0 Å². The molecule has 2 heterocycles. The molecule has 2 amide bonds. The first-order chi connectivity index (χ1) is 7.84. The predicted octanol–water partition coefficient (Wildman–Crippen LogP) is 2.32. The molecule has 3 rings (SSSR count). The number of hydrogen-bond acceptors (Lipinski definition) is 1. The number of likely N-dealkylation sites (tertiary alicyclic amines) is 2. The molecule has 2 aliphatic heterocycles. The molecular formula is C13H22N2O. The van der Waals surface area contributed by atoms with E-state index in [-0.39, 0.29) is 0 Å². The van der Waals surface area contributed by atoms with Crippen LogP contribution in [-0.4, -0.2) is 42.0 Å². The normalized spacial score (nSPS) is 34.2. The van der Waals surface area contributed by atoms with Crippen LogP contribution in [0.5, 0.6) is 0 Å². The average molecular weight is 222 g/mol. The highest BCUT2D eigenvalue weighted by Crippen LogP contribution is 2.38. The zero-order chi connectivity index (χ0) is 11.0. The summed E-state index contributed by atoms with van der Waals surface area (Å²) in [6.07, 6.45) is 7.80. The first kappa shape index (κ1) is 10.4. The van der Waals surface area contributed by atoms with Crippen LogP contribution in [0, 0.1) is 11.8 Å². The number of amides is 2. The Morgan fingerprint density at radius 1 is 0.812 bits per heavy atom. The van der Waals surface area contributed by atoms with E-state index in [0.29, 0.717) is 6.03 Å². The molecule has 0 bridgehead atoms. The molecule has 0 N–H and O–H groups in total. The summed E-state index contributed by atoms with van der Waals surface area (Å²) in [5, 5.41) is 0. The lowest BCUT2D eigenvalue weighted by Crippen LogP contribution is -2.44. The van der Waals surface area contributed by atoms with Gasteiger partial charge in [-0.15, -0.1) is 0 Å². The molecule has 1 saturated carbocycles. The lowest BCUT2D eigenvalue weighted by Gasteiger charge is -2.31. The first-order valence-corrected chi connectivity index (χ1v) is 6.88. The standard InChI is InChI=1S/C13H22N2O/c16-13(14-7-2-1-3-8-14)15-9-11-5-4-6-12(11)10-15/h11-12H,1-10H2/t11-,12+. The van der Waals surface area contributed by atoms with Gasteiger partial charge in [0.05, 0.1) is 0 Å². The van der Waals surface area contributed by atoms with Gasteiger partial charge in [-0.2, -0.15) is 0 Å². The maximum Gasteiger partial charge on any atom is 0.320 e. The molecule has 0 spiro atoms. The number of urea groups is 1. The second-order valence-electron chi connectivity index (χ2n) is 5.69. The SMILES string of the molecule is O=C(N1CCCCC1)N1C[C@H]2CCC[C@H]2C1. The highest BCUT2D eigenvalue weighted by molar-refractivity contribution is 5.75. The van der Waals surface area contributed by atoms with Crippen LogP contribution in [0.3, 0.4) is 0 Å². The van der Waals surface area contributed by atoms with Crippen LogP contribution in [0.15, 0.2) is 0 Å². The van der Waals surface area contributed by atoms with Crippen LogP contribution in [0.1, 0.15) is 38.5 Å². The van der Waals surface area contributed by atoms with Gasteiger partial charge in [-0.1, -0.05) is 6.42 Å². The number of piperidine rings is 1. The van der Waals surface area contributed by atoms with E-state index >= 15 is 0 Å². The molecule has 3 fully saturated rings. The van der Waals surface area contributed by atoms with Gasteiger partial charge in [0.15, 0.2) is 0 Å². The molecule has 3 aliphatic rings. The van der Waals surface area contributed by atoms with Gasteiger partial charge >= 0.3 is 6.03 Å². The molecule has 3 heteroatoms. The van der Waals surface area contributed by atoms with Crippen LogP contribution in [-0.2, 0) is 0 Å². The summed E-state index contributed by atoms with van der Waals surface area (Å²) in [7, 11) is 0. The highest BCUT2D eigenvalue weighted by atomic mass is 16.2. The Kier molecular flexibility index (Phi) is 2.78. The summed E-state index contributed by atoms with van der Waals surface area (Å²) in [5.41, 5.74) is 0. The third kappa shape index (κ3) is 1.80. The third-order valence-corrected chi connectivity index (χ3v) is 4.62. The second-order valence-corrected chi connectivity index (χ2v) is 5.69. The Morgan fingerprint density at radius 3 is 2.06 bits per heavy atom. The van der Waals surface area contributed by atoms with Crippen molar-refractivity contribution in [3.05, 3.63) is 0 Å². The number of fused-ring (bicyclic) bond motifs is 1. The topological polar surface area (TPSA) is 23.6 Å². The maximum atomic E-state index is 12.3. The van der Waals surface area contributed by atoms with E-state index in [1.165, 1.54) is 38.5 Å². The monoisotopic (exact) mass is 222 g/mol. The molecule has 16 heavy (non-hydrogen) atoms. The Bertz CT molecular complexity index is 261. The first-order valence-electron chi connectivity index (χ1n) is 6.88. The summed E-state index contributed by atoms with van der Waals surface area (Å²) < 4.78 is 0. The predicted molar refractivity (Wildman–Crippen MR) is 63.2 cm³/mol. The fourth-order valence-electron chi connectivity index (χ4n) is 3.68. The van der Waals surface area contributed by atoms with Crippen molar-refractivity contribution in [2.24, 2.45) is 11.8 Å². The van der Waals surface area contributed by atoms with Crippen molar-refractivity contribution in [2.75, 3.05) is 26.2 Å². The minimum Gasteiger partial charge on any atom is -0.325 e. The van der Waals surface area contributed by atoms with E-state index in [1.54, 1.807) is 0 Å². The number of hydrogen-bond donors (Lipinski definition) is 0. The number of carbonyl (C=O) groups is 1. The van der Waals surface area contributed by atoms with Gasteiger partial charge in [0, 0.05) is 26.2 Å². The Balaban J connectivity index is 1.59. The molecule has 0 aromatic rings. The Hall–Kier alpha value is -0.730. The Labute approximate surface area is 97.8 Å². The van der Waals surface area contributed by atoms with Gasteiger partial charge < -0.3 is 9.80 Å². The third-order valence-electron chi connectivity index (χ3n) is 4.62. The molecule has 0 aromatic heterocycles. The van der Waals surface area contributed by atoms with Crippen molar-refractivity contribution in [3.63, 3.8) is 0 Å². The zero-order valence-corrected chi connectivity index (χ0v) is 10.0. The van der Waals surface area contributed by atoms with Crippen molar-refractivity contribution in [3.8, 4) is 0 Å². The van der Waals surface area contributed by atoms with Gasteiger partial charge in [0.2, 0.25) is 0 Å². The van der Waals surface area contributed by atoms with E-state index in [2.05, 4.69) is 9.80 Å². The van der Waals surface area contributed by atoms with Crippen LogP contribution < -0.4 is 0 Å². The number of carbonyl (C=O) groups excluding carboxylic acids is 1. The lowest BCUT2D eigenvalue weighted by atomic mass is 10.0. The van der Waals surface area contributed by atoms with Gasteiger partial charge in [-0.05, 0) is 43.9 Å². The quantitative estimate of drug-likeness (QED) is 0.617. The van der Waals surface area contributed by atoms with Crippen molar-refractivity contribution in [1.29, 1.82) is 0 Å². The summed E-state index contributed by atoms with van der Waals surface area (Å²) >= 11 is 0. The molecular weight excluding hydrogens is 200 g/mol. The van der Waals surface area contributed by atoms with E-state index in [1.807, 2.05) is 0 Å². The van der Waals surface area contributed by atoms with Crippen molar-refractivity contribution in [1.82, 2.24) is 9.80 Å². The van der Waals surface area contributed by atoms with Crippen molar-refractivity contribution < 1.29 is 4.79 Å². The van der Waals surface area contributed by atoms with Crippen LogP contribution in [0.25, 0.3) is 0 Å². The molecule has 2 saturated heterocycles. The molecule has 0 unspecified atom stereocenters. The molecule has 0 aromatic carbocycles. The molecule has 90 valence electrons. The van der Waals surface area contributed by atoms with Gasteiger partial charge in [0.1, 0.15) is 0 Å². The van der Waals surface area contributed by atoms with E-state index in [0.717, 1.165) is 38.0 Å². The largest absolute Gasteiger partial charge is 0.325 e. The Morgan fingerprint density at radius 2 is 1.44 bits per heavy atom. The molecule has 0 radical (unpaired) electrons. The number of rotatable bonds is 0. The molecule has 2 atom stereocenters. The van der Waals surface area contributed by atoms with Crippen LogP contribution in [0.2, 0.25) is 0 Å². The average Bonchev–Trinajstić information content (AvgIpc) is 2.89. The fraction of sp³-hybridized carbons (Fsp3) is 0.923. The lowest BCUT2D eigenvalue weighted by molar-refractivity contribution is 0.149. The number of nitrogens with zero attached hydrogens (tertiary/aromatic N) is 2. The van der Waals surface area contributed by atoms with E-state index in [9.17, 15) is 4.79 Å². The highest BCUT2D eigenvalue weighted by Gasteiger charge is 2.39. The van der Waals surface area contributed by atoms with E-state index in [4.69, 9.17) is 0 Å². The molecule has 3 nitrogen and oxygen atoms in total. The van der Waals surface area contributed by atoms with Gasteiger partial charge in [-0.25, -0.2) is 4.79 Å². The summed E-state index contributed by atoms with van der Waals surface area (Å²) in [5.74, 6) is 1.66. The van der Waals surface area contributed by atoms with Crippen LogP contribution in [0.4, 0.5) is 4.79 Å².